The second-order valence-corrected chi connectivity index (χ2v) is 6.58. The number of halogens is 3. The first kappa shape index (κ1) is 18.9. The minimum Gasteiger partial charge on any atom is -0.406 e. The number of hydrogen-bond donors (Lipinski definition) is 1. The average Bonchev–Trinajstić information content (AvgIpc) is 3.17. The Morgan fingerprint density at radius 1 is 0.966 bits per heavy atom. The van der Waals surface area contributed by atoms with Crippen molar-refractivity contribution in [2.24, 2.45) is 0 Å². The standard InChI is InChI=1S/C22H17F3N2O2/c23-22(24,25)29-17-10-8-16(9-11-17)26-21(28)18-12-14-27-13-4-7-19(27)20(18)15-5-2-1-3-6-15/h1-11,13H,12,14H2,(H,26,28). The van der Waals surface area contributed by atoms with Gasteiger partial charge in [0.25, 0.3) is 5.91 Å². The minimum absolute atomic E-state index is 0.277. The molecule has 0 atom stereocenters. The van der Waals surface area contributed by atoms with Gasteiger partial charge in [-0.05, 0) is 48.4 Å². The molecule has 148 valence electrons. The first-order valence-electron chi connectivity index (χ1n) is 9.02. The molecule has 1 aromatic heterocycles. The maximum atomic E-state index is 13.0. The number of nitrogens with one attached hydrogen (secondary N) is 1. The molecule has 0 radical (unpaired) electrons. The molecule has 0 aliphatic carbocycles. The predicted molar refractivity (Wildman–Crippen MR) is 103 cm³/mol. The number of fused-ring (bicyclic) bond motifs is 1. The van der Waals surface area contributed by atoms with E-state index in [1.807, 2.05) is 48.7 Å². The van der Waals surface area contributed by atoms with Crippen molar-refractivity contribution in [3.63, 3.8) is 0 Å². The summed E-state index contributed by atoms with van der Waals surface area (Å²) in [6.07, 6.45) is -2.23. The van der Waals surface area contributed by atoms with E-state index < -0.39 is 6.36 Å². The number of nitrogens with zero attached hydrogens (tertiary/aromatic N) is 1. The molecule has 0 unspecified atom stereocenters. The highest BCUT2D eigenvalue weighted by Gasteiger charge is 2.31. The molecule has 2 aromatic carbocycles. The van der Waals surface area contributed by atoms with E-state index in [-0.39, 0.29) is 11.7 Å². The summed E-state index contributed by atoms with van der Waals surface area (Å²) in [6.45, 7) is 0.680. The van der Waals surface area contributed by atoms with Crippen LogP contribution in [0, 0.1) is 0 Å². The molecule has 0 saturated heterocycles. The molecule has 2 heterocycles. The maximum Gasteiger partial charge on any atom is 0.573 e. The van der Waals surface area contributed by atoms with Gasteiger partial charge in [-0.3, -0.25) is 4.79 Å². The zero-order valence-electron chi connectivity index (χ0n) is 15.2. The van der Waals surface area contributed by atoms with Gasteiger partial charge < -0.3 is 14.6 Å². The zero-order valence-corrected chi connectivity index (χ0v) is 15.2. The van der Waals surface area contributed by atoms with Crippen LogP contribution in [0.5, 0.6) is 5.75 Å². The van der Waals surface area contributed by atoms with Gasteiger partial charge in [0.2, 0.25) is 0 Å². The second kappa shape index (κ2) is 7.50. The van der Waals surface area contributed by atoms with E-state index in [1.54, 1.807) is 0 Å². The molecule has 3 aromatic rings. The Morgan fingerprint density at radius 2 is 1.69 bits per heavy atom. The van der Waals surface area contributed by atoms with Gasteiger partial charge in [0.15, 0.2) is 0 Å². The van der Waals surface area contributed by atoms with E-state index in [9.17, 15) is 18.0 Å². The van der Waals surface area contributed by atoms with Crippen LogP contribution in [0.4, 0.5) is 18.9 Å². The van der Waals surface area contributed by atoms with Crippen LogP contribution >= 0.6 is 0 Å². The maximum absolute atomic E-state index is 13.0. The Hall–Kier alpha value is -3.48. The molecule has 0 spiro atoms. The number of aromatic nitrogens is 1. The van der Waals surface area contributed by atoms with Crippen molar-refractivity contribution in [3.05, 3.63) is 89.8 Å². The lowest BCUT2D eigenvalue weighted by molar-refractivity contribution is -0.274. The van der Waals surface area contributed by atoms with Gasteiger partial charge in [-0.2, -0.15) is 0 Å². The van der Waals surface area contributed by atoms with Crippen molar-refractivity contribution >= 4 is 17.2 Å². The predicted octanol–water partition coefficient (Wildman–Crippen LogP) is 5.23. The summed E-state index contributed by atoms with van der Waals surface area (Å²) in [5, 5.41) is 2.78. The van der Waals surface area contributed by atoms with Crippen LogP contribution in [-0.2, 0) is 11.3 Å². The third-order valence-corrected chi connectivity index (χ3v) is 4.67. The fraction of sp³-hybridized carbons (Fsp3) is 0.136. The average molecular weight is 398 g/mol. The first-order chi connectivity index (χ1) is 13.9. The summed E-state index contributed by atoms with van der Waals surface area (Å²) >= 11 is 0. The van der Waals surface area contributed by atoms with E-state index in [2.05, 4.69) is 14.6 Å². The first-order valence-corrected chi connectivity index (χ1v) is 9.02. The van der Waals surface area contributed by atoms with Crippen LogP contribution in [0.25, 0.3) is 5.57 Å². The Balaban J connectivity index is 1.63. The van der Waals surface area contributed by atoms with Crippen LogP contribution in [0.1, 0.15) is 17.7 Å². The lowest BCUT2D eigenvalue weighted by Crippen LogP contribution is -2.22. The van der Waals surface area contributed by atoms with Crippen LogP contribution in [0.15, 0.2) is 78.5 Å². The zero-order chi connectivity index (χ0) is 20.4. The number of hydrogen-bond acceptors (Lipinski definition) is 2. The number of carbonyl (C=O) groups excluding carboxylic acids is 1. The van der Waals surface area contributed by atoms with Gasteiger partial charge in [-0.25, -0.2) is 0 Å². The summed E-state index contributed by atoms with van der Waals surface area (Å²) in [7, 11) is 0. The molecule has 1 aliphatic rings. The largest absolute Gasteiger partial charge is 0.573 e. The van der Waals surface area contributed by atoms with Gasteiger partial charge in [0, 0.05) is 35.3 Å². The van der Waals surface area contributed by atoms with E-state index in [0.717, 1.165) is 16.8 Å². The van der Waals surface area contributed by atoms with E-state index in [0.29, 0.717) is 24.2 Å². The molecule has 4 nitrogen and oxygen atoms in total. The number of aryl methyl sites for hydroxylation is 1. The van der Waals surface area contributed by atoms with E-state index >= 15 is 0 Å². The number of alkyl halides is 3. The Bertz CT molecular complexity index is 1050. The van der Waals surface area contributed by atoms with Gasteiger partial charge in [-0.15, -0.1) is 13.2 Å². The second-order valence-electron chi connectivity index (χ2n) is 6.58. The van der Waals surface area contributed by atoms with Crippen molar-refractivity contribution < 1.29 is 22.7 Å². The summed E-state index contributed by atoms with van der Waals surface area (Å²) in [6, 6.07) is 18.7. The molecule has 7 heteroatoms. The highest BCUT2D eigenvalue weighted by molar-refractivity contribution is 6.11. The summed E-state index contributed by atoms with van der Waals surface area (Å²) < 4.78 is 42.8. The Kier molecular flexibility index (Phi) is 4.88. The van der Waals surface area contributed by atoms with Crippen molar-refractivity contribution in [2.75, 3.05) is 5.32 Å². The highest BCUT2D eigenvalue weighted by Crippen LogP contribution is 2.34. The number of carbonyl (C=O) groups is 1. The SMILES string of the molecule is O=C(Nc1ccc(OC(F)(F)F)cc1)C1=C(c2ccccc2)c2cccn2CC1. The fourth-order valence-corrected chi connectivity index (χ4v) is 3.45. The highest BCUT2D eigenvalue weighted by atomic mass is 19.4. The van der Waals surface area contributed by atoms with E-state index in [4.69, 9.17) is 0 Å². The minimum atomic E-state index is -4.75. The number of ether oxygens (including phenoxy) is 1. The van der Waals surface area contributed by atoms with Crippen molar-refractivity contribution in [2.45, 2.75) is 19.3 Å². The Morgan fingerprint density at radius 3 is 2.38 bits per heavy atom. The lowest BCUT2D eigenvalue weighted by Gasteiger charge is -2.23. The van der Waals surface area contributed by atoms with Crippen molar-refractivity contribution in [1.82, 2.24) is 4.57 Å². The quantitative estimate of drug-likeness (QED) is 0.654. The molecule has 1 aliphatic heterocycles. The Labute approximate surface area is 165 Å². The van der Waals surface area contributed by atoms with Crippen molar-refractivity contribution in [3.8, 4) is 5.75 Å². The smallest absolute Gasteiger partial charge is 0.406 e. The monoisotopic (exact) mass is 398 g/mol. The number of rotatable bonds is 4. The van der Waals surface area contributed by atoms with Crippen LogP contribution in [-0.4, -0.2) is 16.8 Å². The molecule has 0 fully saturated rings. The molecule has 1 amide bonds. The number of amides is 1. The number of benzene rings is 2. The van der Waals surface area contributed by atoms with Crippen LogP contribution in [0.2, 0.25) is 0 Å². The van der Waals surface area contributed by atoms with Gasteiger partial charge in [0.1, 0.15) is 5.75 Å². The van der Waals surface area contributed by atoms with E-state index in [1.165, 1.54) is 24.3 Å². The summed E-state index contributed by atoms with van der Waals surface area (Å²) in [5.41, 5.74) is 3.78. The molecule has 4 rings (SSSR count). The van der Waals surface area contributed by atoms with Gasteiger partial charge in [0.05, 0.1) is 0 Å². The van der Waals surface area contributed by atoms with Gasteiger partial charge >= 0.3 is 6.36 Å². The molecule has 0 bridgehead atoms. The molecule has 0 saturated carbocycles. The topological polar surface area (TPSA) is 43.3 Å². The molecule has 1 N–H and O–H groups in total. The summed E-state index contributed by atoms with van der Waals surface area (Å²) in [4.78, 5) is 13.0. The third-order valence-electron chi connectivity index (χ3n) is 4.67. The summed E-state index contributed by atoms with van der Waals surface area (Å²) in [5.74, 6) is -0.615. The normalized spacial score (nSPS) is 13.8. The van der Waals surface area contributed by atoms with Crippen LogP contribution in [0.3, 0.4) is 0 Å². The lowest BCUT2D eigenvalue weighted by atomic mass is 9.92. The molecular formula is C22H17F3N2O2. The molecule has 29 heavy (non-hydrogen) atoms. The number of anilines is 1. The fourth-order valence-electron chi connectivity index (χ4n) is 3.45. The third kappa shape index (κ3) is 4.18. The van der Waals surface area contributed by atoms with Gasteiger partial charge in [-0.1, -0.05) is 30.3 Å². The molecular weight excluding hydrogens is 381 g/mol. The van der Waals surface area contributed by atoms with Crippen molar-refractivity contribution in [1.29, 1.82) is 0 Å². The van der Waals surface area contributed by atoms with Crippen LogP contribution < -0.4 is 10.1 Å².